The third-order valence-electron chi connectivity index (χ3n) is 6.91. The minimum Gasteiger partial charge on any atom is -0.469 e. The molecule has 20 heavy (non-hydrogen) atoms. The maximum absolute atomic E-state index is 6.30. The summed E-state index contributed by atoms with van der Waals surface area (Å²) in [6, 6.07) is 4.13. The molecule has 4 aliphatic rings. The van der Waals surface area contributed by atoms with Crippen LogP contribution in [0.5, 0.6) is 0 Å². The van der Waals surface area contributed by atoms with Gasteiger partial charge in [0.15, 0.2) is 0 Å². The van der Waals surface area contributed by atoms with Crippen molar-refractivity contribution in [2.75, 3.05) is 6.54 Å². The molecule has 4 bridgehead atoms. The van der Waals surface area contributed by atoms with Gasteiger partial charge in [0.1, 0.15) is 5.76 Å². The molecular weight excluding hydrogens is 246 g/mol. The highest BCUT2D eigenvalue weighted by atomic mass is 16.3. The van der Waals surface area contributed by atoms with Gasteiger partial charge in [-0.15, -0.1) is 0 Å². The molecule has 4 aliphatic carbocycles. The molecule has 0 saturated heterocycles. The van der Waals surface area contributed by atoms with Crippen molar-refractivity contribution in [3.8, 4) is 0 Å². The zero-order chi connectivity index (χ0) is 13.8. The number of hydrogen-bond acceptors (Lipinski definition) is 2. The first-order valence-corrected chi connectivity index (χ1v) is 8.35. The normalized spacial score (nSPS) is 41.8. The standard InChI is InChI=1S/C18H27NO/c1-17(12-19,11-16-3-2-4-20-16)18-8-13-5-14(9-18)7-15(6-13)10-18/h2-4,13-15H,5-12,19H2,1H3. The van der Waals surface area contributed by atoms with E-state index in [9.17, 15) is 0 Å². The summed E-state index contributed by atoms with van der Waals surface area (Å²) in [4.78, 5) is 0. The Labute approximate surface area is 122 Å². The summed E-state index contributed by atoms with van der Waals surface area (Å²) in [5, 5.41) is 0. The van der Waals surface area contributed by atoms with Gasteiger partial charge >= 0.3 is 0 Å². The molecule has 1 unspecified atom stereocenters. The number of hydrogen-bond donors (Lipinski definition) is 1. The molecule has 0 radical (unpaired) electrons. The number of nitrogens with two attached hydrogens (primary N) is 1. The van der Waals surface area contributed by atoms with Crippen LogP contribution in [-0.2, 0) is 6.42 Å². The minimum atomic E-state index is 0.209. The third kappa shape index (κ3) is 1.80. The van der Waals surface area contributed by atoms with Crippen molar-refractivity contribution < 1.29 is 4.42 Å². The molecule has 2 N–H and O–H groups in total. The van der Waals surface area contributed by atoms with E-state index < -0.39 is 0 Å². The highest BCUT2D eigenvalue weighted by molar-refractivity contribution is 5.12. The molecule has 4 saturated carbocycles. The van der Waals surface area contributed by atoms with Crippen molar-refractivity contribution in [3.63, 3.8) is 0 Å². The van der Waals surface area contributed by atoms with Gasteiger partial charge in [0, 0.05) is 6.42 Å². The van der Waals surface area contributed by atoms with Gasteiger partial charge in [-0.1, -0.05) is 6.92 Å². The Bertz CT molecular complexity index is 442. The zero-order valence-corrected chi connectivity index (χ0v) is 12.6. The zero-order valence-electron chi connectivity index (χ0n) is 12.6. The van der Waals surface area contributed by atoms with Crippen molar-refractivity contribution >= 4 is 0 Å². The predicted molar refractivity (Wildman–Crippen MR) is 80.2 cm³/mol. The van der Waals surface area contributed by atoms with E-state index in [2.05, 4.69) is 13.0 Å². The Kier molecular flexibility index (Phi) is 2.82. The second kappa shape index (κ2) is 4.37. The van der Waals surface area contributed by atoms with Gasteiger partial charge in [0.25, 0.3) is 0 Å². The van der Waals surface area contributed by atoms with Crippen LogP contribution in [0.15, 0.2) is 22.8 Å². The Balaban J connectivity index is 1.66. The highest BCUT2D eigenvalue weighted by Crippen LogP contribution is 2.66. The summed E-state index contributed by atoms with van der Waals surface area (Å²) in [5.74, 6) is 4.09. The van der Waals surface area contributed by atoms with E-state index >= 15 is 0 Å². The van der Waals surface area contributed by atoms with Gasteiger partial charge in [0.2, 0.25) is 0 Å². The van der Waals surface area contributed by atoms with Crippen molar-refractivity contribution in [1.29, 1.82) is 0 Å². The van der Waals surface area contributed by atoms with Crippen molar-refractivity contribution in [2.45, 2.75) is 51.9 Å². The van der Waals surface area contributed by atoms with Gasteiger partial charge in [-0.3, -0.25) is 0 Å². The van der Waals surface area contributed by atoms with Crippen LogP contribution in [0.25, 0.3) is 0 Å². The monoisotopic (exact) mass is 273 g/mol. The lowest BCUT2D eigenvalue weighted by atomic mass is 9.42. The Morgan fingerprint density at radius 3 is 2.25 bits per heavy atom. The summed E-state index contributed by atoms with van der Waals surface area (Å²) < 4.78 is 5.64. The summed E-state index contributed by atoms with van der Waals surface area (Å²) >= 11 is 0. The van der Waals surface area contributed by atoms with E-state index in [1.165, 1.54) is 38.5 Å². The van der Waals surface area contributed by atoms with E-state index in [0.29, 0.717) is 5.41 Å². The fourth-order valence-electron chi connectivity index (χ4n) is 6.12. The molecule has 2 heteroatoms. The van der Waals surface area contributed by atoms with Crippen LogP contribution in [-0.4, -0.2) is 6.54 Å². The van der Waals surface area contributed by atoms with E-state index in [-0.39, 0.29) is 5.41 Å². The Hall–Kier alpha value is -0.760. The number of rotatable bonds is 4. The summed E-state index contributed by atoms with van der Waals surface area (Å²) in [5.41, 5.74) is 7.00. The molecule has 4 fully saturated rings. The second-order valence-corrected chi connectivity index (χ2v) is 8.22. The second-order valence-electron chi connectivity index (χ2n) is 8.22. The molecule has 1 aromatic heterocycles. The number of furan rings is 1. The quantitative estimate of drug-likeness (QED) is 0.900. The SMILES string of the molecule is CC(CN)(Cc1ccco1)C12CC3CC(CC(C3)C1)C2. The molecule has 0 aliphatic heterocycles. The van der Waals surface area contributed by atoms with E-state index in [0.717, 1.165) is 36.5 Å². The van der Waals surface area contributed by atoms with Crippen molar-refractivity contribution in [3.05, 3.63) is 24.2 Å². The molecule has 1 aromatic rings. The lowest BCUT2D eigenvalue weighted by Gasteiger charge is -2.63. The van der Waals surface area contributed by atoms with Gasteiger partial charge < -0.3 is 10.2 Å². The molecule has 1 atom stereocenters. The largest absolute Gasteiger partial charge is 0.469 e. The fraction of sp³-hybridized carbons (Fsp3) is 0.778. The average molecular weight is 273 g/mol. The lowest BCUT2D eigenvalue weighted by Crippen LogP contribution is -2.56. The van der Waals surface area contributed by atoms with Crippen LogP contribution in [0.1, 0.15) is 51.2 Å². The molecule has 2 nitrogen and oxygen atoms in total. The van der Waals surface area contributed by atoms with E-state index in [1.54, 1.807) is 6.26 Å². The lowest BCUT2D eigenvalue weighted by molar-refractivity contribution is -0.123. The van der Waals surface area contributed by atoms with Gasteiger partial charge in [-0.2, -0.15) is 0 Å². The van der Waals surface area contributed by atoms with Crippen LogP contribution in [0.3, 0.4) is 0 Å². The Morgan fingerprint density at radius 2 is 1.80 bits per heavy atom. The smallest absolute Gasteiger partial charge is 0.104 e. The van der Waals surface area contributed by atoms with Gasteiger partial charge in [-0.25, -0.2) is 0 Å². The molecule has 5 rings (SSSR count). The molecule has 110 valence electrons. The van der Waals surface area contributed by atoms with Crippen LogP contribution < -0.4 is 5.73 Å². The van der Waals surface area contributed by atoms with Crippen LogP contribution in [0, 0.1) is 28.6 Å². The summed E-state index contributed by atoms with van der Waals surface area (Å²) in [7, 11) is 0. The predicted octanol–water partition coefficient (Wildman–Crippen LogP) is 4.00. The summed E-state index contributed by atoms with van der Waals surface area (Å²) in [6.45, 7) is 3.22. The van der Waals surface area contributed by atoms with Gasteiger partial charge in [-0.05, 0) is 85.8 Å². The topological polar surface area (TPSA) is 39.2 Å². The third-order valence-corrected chi connectivity index (χ3v) is 6.91. The first-order valence-electron chi connectivity index (χ1n) is 8.35. The maximum atomic E-state index is 6.30. The minimum absolute atomic E-state index is 0.209. The van der Waals surface area contributed by atoms with Gasteiger partial charge in [0.05, 0.1) is 6.26 Å². The van der Waals surface area contributed by atoms with Crippen molar-refractivity contribution in [1.82, 2.24) is 0 Å². The van der Waals surface area contributed by atoms with E-state index in [1.807, 2.05) is 6.07 Å². The first-order chi connectivity index (χ1) is 9.62. The van der Waals surface area contributed by atoms with Crippen LogP contribution in [0.2, 0.25) is 0 Å². The fourth-order valence-corrected chi connectivity index (χ4v) is 6.12. The maximum Gasteiger partial charge on any atom is 0.104 e. The van der Waals surface area contributed by atoms with Crippen LogP contribution >= 0.6 is 0 Å². The highest BCUT2D eigenvalue weighted by Gasteiger charge is 2.58. The molecule has 1 heterocycles. The van der Waals surface area contributed by atoms with Crippen LogP contribution in [0.4, 0.5) is 0 Å². The molecule has 0 amide bonds. The molecule has 0 spiro atoms. The summed E-state index contributed by atoms with van der Waals surface area (Å²) in [6.07, 6.45) is 11.6. The molecule has 0 aromatic carbocycles. The van der Waals surface area contributed by atoms with Crippen molar-refractivity contribution in [2.24, 2.45) is 34.3 Å². The average Bonchev–Trinajstić information content (AvgIpc) is 2.89. The first kappa shape index (κ1) is 12.9. The molecular formula is C18H27NO. The van der Waals surface area contributed by atoms with E-state index in [4.69, 9.17) is 10.2 Å². The Morgan fingerprint density at radius 1 is 1.20 bits per heavy atom.